The summed E-state index contributed by atoms with van der Waals surface area (Å²) in [7, 11) is 0. The minimum atomic E-state index is -1.18. The Balaban J connectivity index is 0.00000118. The Morgan fingerprint density at radius 2 is 1.96 bits per heavy atom. The number of aliphatic hydroxyl groups excluding tert-OH is 1. The number of nitrogens with two attached hydrogens (primary N) is 1. The van der Waals surface area contributed by atoms with Crippen LogP contribution in [0, 0.1) is 17.8 Å². The molecule has 0 aliphatic carbocycles. The van der Waals surface area contributed by atoms with Crippen molar-refractivity contribution in [3.05, 3.63) is 34.3 Å². The lowest BCUT2D eigenvalue weighted by Gasteiger charge is -2.19. The number of benzene rings is 1. The van der Waals surface area contributed by atoms with E-state index in [4.69, 9.17) is 5.73 Å². The van der Waals surface area contributed by atoms with Gasteiger partial charge >= 0.3 is 0 Å². The zero-order chi connectivity index (χ0) is 18.5. The van der Waals surface area contributed by atoms with Gasteiger partial charge in [0.2, 0.25) is 5.91 Å². The van der Waals surface area contributed by atoms with Gasteiger partial charge in [-0.2, -0.15) is 0 Å². The summed E-state index contributed by atoms with van der Waals surface area (Å²) in [6.07, 6.45) is 0.165. The normalized spacial score (nSPS) is 12.3. The summed E-state index contributed by atoms with van der Waals surface area (Å²) in [4.78, 5) is 11.8. The number of aliphatic hydroxyl groups is 1. The van der Waals surface area contributed by atoms with Crippen molar-refractivity contribution in [1.82, 2.24) is 5.32 Å². The fourth-order valence-electron chi connectivity index (χ4n) is 1.83. The number of carbonyl (C=O) groups is 1. The number of rotatable bonds is 7. The fraction of sp³-hybridized carbons (Fsp3) is 0.526. The van der Waals surface area contributed by atoms with Gasteiger partial charge in [0.1, 0.15) is 6.10 Å². The lowest BCUT2D eigenvalue weighted by Crippen LogP contribution is -2.47. The van der Waals surface area contributed by atoms with Crippen LogP contribution in [0.3, 0.4) is 0 Å². The predicted molar refractivity (Wildman–Crippen MR) is 103 cm³/mol. The standard InChI is InChI=1S/C15H23BrN2O2.C4H6/c1-10(2)6-7-18-15(20)14(19)13(17)9-11-4-3-5-12(16)8-11;1-3-4-2/h3-5,8,10,13-14,19H,6-7,9,17H2,1-2H3,(H,18,20);1-2H3. The van der Waals surface area contributed by atoms with Gasteiger partial charge in [-0.25, -0.2) is 0 Å². The van der Waals surface area contributed by atoms with E-state index in [1.165, 1.54) is 0 Å². The van der Waals surface area contributed by atoms with Crippen molar-refractivity contribution in [2.45, 2.75) is 52.7 Å². The van der Waals surface area contributed by atoms with Crippen LogP contribution in [-0.4, -0.2) is 29.7 Å². The molecule has 0 aliphatic heterocycles. The summed E-state index contributed by atoms with van der Waals surface area (Å²) in [6.45, 7) is 8.38. The molecule has 1 aromatic rings. The van der Waals surface area contributed by atoms with Crippen molar-refractivity contribution in [3.8, 4) is 11.8 Å². The van der Waals surface area contributed by atoms with Gasteiger partial charge in [-0.15, -0.1) is 11.8 Å². The van der Waals surface area contributed by atoms with E-state index in [1.807, 2.05) is 38.1 Å². The lowest BCUT2D eigenvalue weighted by atomic mass is 10.0. The molecule has 1 rings (SSSR count). The second kappa shape index (κ2) is 13.0. The van der Waals surface area contributed by atoms with E-state index in [2.05, 4.69) is 46.9 Å². The third-order valence-corrected chi connectivity index (χ3v) is 3.80. The Bertz CT molecular complexity index is 544. The summed E-state index contributed by atoms with van der Waals surface area (Å²) in [5, 5.41) is 12.6. The predicted octanol–water partition coefficient (Wildman–Crippen LogP) is 2.87. The van der Waals surface area contributed by atoms with E-state index < -0.39 is 18.1 Å². The minimum absolute atomic E-state index is 0.395. The topological polar surface area (TPSA) is 75.3 Å². The van der Waals surface area contributed by atoms with Crippen molar-refractivity contribution in [2.75, 3.05) is 6.54 Å². The van der Waals surface area contributed by atoms with E-state index in [9.17, 15) is 9.90 Å². The van der Waals surface area contributed by atoms with Gasteiger partial charge in [-0.3, -0.25) is 4.79 Å². The van der Waals surface area contributed by atoms with Crippen molar-refractivity contribution in [3.63, 3.8) is 0 Å². The second-order valence-corrected chi connectivity index (χ2v) is 6.83. The van der Waals surface area contributed by atoms with Crippen molar-refractivity contribution >= 4 is 21.8 Å². The van der Waals surface area contributed by atoms with Crippen LogP contribution in [0.15, 0.2) is 28.7 Å². The number of nitrogens with one attached hydrogen (secondary N) is 1. The first-order chi connectivity index (χ1) is 11.3. The largest absolute Gasteiger partial charge is 0.382 e. The Kier molecular flexibility index (Phi) is 12.3. The number of hydrogen-bond acceptors (Lipinski definition) is 3. The van der Waals surface area contributed by atoms with E-state index >= 15 is 0 Å². The highest BCUT2D eigenvalue weighted by molar-refractivity contribution is 9.10. The molecule has 2 atom stereocenters. The maximum absolute atomic E-state index is 11.8. The Hall–Kier alpha value is -1.35. The molecular weight excluding hydrogens is 368 g/mol. The van der Waals surface area contributed by atoms with E-state index in [0.717, 1.165) is 16.5 Å². The van der Waals surface area contributed by atoms with Crippen molar-refractivity contribution < 1.29 is 9.90 Å². The maximum atomic E-state index is 11.8. The van der Waals surface area contributed by atoms with Crippen LogP contribution in [-0.2, 0) is 11.2 Å². The minimum Gasteiger partial charge on any atom is -0.382 e. The van der Waals surface area contributed by atoms with Crippen LogP contribution < -0.4 is 11.1 Å². The number of carbonyl (C=O) groups excluding carboxylic acids is 1. The fourth-order valence-corrected chi connectivity index (χ4v) is 2.28. The molecule has 0 saturated heterocycles. The average molecular weight is 397 g/mol. The molecule has 4 nitrogen and oxygen atoms in total. The van der Waals surface area contributed by atoms with Crippen molar-refractivity contribution in [2.24, 2.45) is 11.7 Å². The molecule has 0 aliphatic rings. The third kappa shape index (κ3) is 10.4. The molecular formula is C19H29BrN2O2. The van der Waals surface area contributed by atoms with Crippen LogP contribution in [0.1, 0.15) is 39.7 Å². The second-order valence-electron chi connectivity index (χ2n) is 5.92. The highest BCUT2D eigenvalue weighted by Gasteiger charge is 2.22. The number of amides is 1. The molecule has 1 amide bonds. The lowest BCUT2D eigenvalue weighted by molar-refractivity contribution is -0.130. The van der Waals surface area contributed by atoms with Gasteiger partial charge in [0.05, 0.1) is 0 Å². The first-order valence-electron chi connectivity index (χ1n) is 8.11. The third-order valence-electron chi connectivity index (χ3n) is 3.31. The van der Waals surface area contributed by atoms with Gasteiger partial charge in [-0.05, 0) is 50.3 Å². The molecule has 2 unspecified atom stereocenters. The Morgan fingerprint density at radius 1 is 1.33 bits per heavy atom. The van der Waals surface area contributed by atoms with Crippen LogP contribution in [0.5, 0.6) is 0 Å². The average Bonchev–Trinajstić information content (AvgIpc) is 2.53. The first-order valence-corrected chi connectivity index (χ1v) is 8.90. The number of hydrogen-bond donors (Lipinski definition) is 3. The highest BCUT2D eigenvalue weighted by atomic mass is 79.9. The summed E-state index contributed by atoms with van der Waals surface area (Å²) < 4.78 is 0.957. The van der Waals surface area contributed by atoms with E-state index in [1.54, 1.807) is 0 Å². The zero-order valence-electron chi connectivity index (χ0n) is 15.0. The molecule has 4 N–H and O–H groups in total. The quantitative estimate of drug-likeness (QED) is 0.620. The molecule has 0 bridgehead atoms. The van der Waals surface area contributed by atoms with Crippen LogP contribution in [0.4, 0.5) is 0 Å². The Morgan fingerprint density at radius 3 is 2.46 bits per heavy atom. The molecule has 0 saturated carbocycles. The SMILES string of the molecule is CC#CC.CC(C)CCNC(=O)C(O)C(N)Cc1cccc(Br)c1. The van der Waals surface area contributed by atoms with Crippen LogP contribution in [0.25, 0.3) is 0 Å². The molecule has 1 aromatic carbocycles. The smallest absolute Gasteiger partial charge is 0.250 e. The first kappa shape index (κ1) is 22.6. The molecule has 0 radical (unpaired) electrons. The maximum Gasteiger partial charge on any atom is 0.250 e. The molecule has 134 valence electrons. The van der Waals surface area contributed by atoms with Crippen molar-refractivity contribution in [1.29, 1.82) is 0 Å². The highest BCUT2D eigenvalue weighted by Crippen LogP contribution is 2.13. The summed E-state index contributed by atoms with van der Waals surface area (Å²) in [6, 6.07) is 7.08. The molecule has 24 heavy (non-hydrogen) atoms. The van der Waals surface area contributed by atoms with E-state index in [-0.39, 0.29) is 0 Å². The van der Waals surface area contributed by atoms with Crippen LogP contribution >= 0.6 is 15.9 Å². The molecule has 0 spiro atoms. The van der Waals surface area contributed by atoms with Gasteiger partial charge in [0, 0.05) is 17.1 Å². The summed E-state index contributed by atoms with van der Waals surface area (Å²) >= 11 is 3.38. The number of halogens is 1. The zero-order valence-corrected chi connectivity index (χ0v) is 16.6. The Labute approximate surface area is 154 Å². The summed E-state index contributed by atoms with van der Waals surface area (Å²) in [5.41, 5.74) is 6.89. The van der Waals surface area contributed by atoms with Crippen LogP contribution in [0.2, 0.25) is 0 Å². The van der Waals surface area contributed by atoms with Gasteiger partial charge in [0.15, 0.2) is 0 Å². The molecule has 0 aromatic heterocycles. The molecule has 0 heterocycles. The summed E-state index contributed by atoms with van der Waals surface area (Å²) in [5.74, 6) is 5.48. The van der Waals surface area contributed by atoms with Gasteiger partial charge in [-0.1, -0.05) is 41.9 Å². The molecule has 5 heteroatoms. The molecule has 0 fully saturated rings. The van der Waals surface area contributed by atoms with E-state index in [0.29, 0.717) is 18.9 Å². The van der Waals surface area contributed by atoms with Gasteiger partial charge in [0.25, 0.3) is 0 Å². The van der Waals surface area contributed by atoms with Gasteiger partial charge < -0.3 is 16.2 Å². The monoisotopic (exact) mass is 396 g/mol.